The van der Waals surface area contributed by atoms with Crippen LogP contribution in [0.5, 0.6) is 0 Å². The predicted octanol–water partition coefficient (Wildman–Crippen LogP) is 2.95. The molecule has 23 heavy (non-hydrogen) atoms. The van der Waals surface area contributed by atoms with Gasteiger partial charge in [0.05, 0.1) is 5.56 Å². The first-order valence-electron chi connectivity index (χ1n) is 7.85. The van der Waals surface area contributed by atoms with E-state index in [0.29, 0.717) is 0 Å². The number of aryl methyl sites for hydroxylation is 1. The molecule has 0 spiro atoms. The Morgan fingerprint density at radius 1 is 1.22 bits per heavy atom. The summed E-state index contributed by atoms with van der Waals surface area (Å²) in [6.07, 6.45) is 0. The largest absolute Gasteiger partial charge is 0.333 e. The molecule has 1 saturated heterocycles. The van der Waals surface area contributed by atoms with Crippen LogP contribution >= 0.6 is 12.4 Å². The van der Waals surface area contributed by atoms with Crippen molar-refractivity contribution < 1.29 is 4.79 Å². The Labute approximate surface area is 143 Å². The van der Waals surface area contributed by atoms with Crippen molar-refractivity contribution in [2.24, 2.45) is 0 Å². The summed E-state index contributed by atoms with van der Waals surface area (Å²) in [6, 6.07) is 12.4. The van der Waals surface area contributed by atoms with Crippen molar-refractivity contribution in [2.45, 2.75) is 26.8 Å². The fourth-order valence-corrected chi connectivity index (χ4v) is 3.25. The number of piperazine rings is 1. The molecule has 2 heterocycles. The molecule has 1 fully saturated rings. The number of carbonyl (C=O) groups is 1. The fourth-order valence-electron chi connectivity index (χ4n) is 3.25. The Morgan fingerprint density at radius 2 is 1.91 bits per heavy atom. The standard InChI is InChI=1S/C18H23N3O.ClH/c1-13-11-17(18(22)20-10-9-19-12-14(20)2)15(3)21(13)16-7-5-4-6-8-16;/h4-8,11,14,19H,9-10,12H2,1-3H3;1H/t14-;/m1./s1. The molecular formula is C18H24ClN3O. The van der Waals surface area contributed by atoms with Crippen LogP contribution in [-0.2, 0) is 0 Å². The Morgan fingerprint density at radius 3 is 2.57 bits per heavy atom. The molecule has 1 amide bonds. The molecule has 0 unspecified atom stereocenters. The first-order valence-corrected chi connectivity index (χ1v) is 7.85. The molecule has 1 aliphatic heterocycles. The maximum absolute atomic E-state index is 12.9. The second-order valence-electron chi connectivity index (χ2n) is 6.01. The number of para-hydroxylation sites is 1. The maximum atomic E-state index is 12.9. The summed E-state index contributed by atoms with van der Waals surface area (Å²) in [5.74, 6) is 0.143. The van der Waals surface area contributed by atoms with E-state index in [-0.39, 0.29) is 24.4 Å². The van der Waals surface area contributed by atoms with Crippen molar-refractivity contribution in [2.75, 3.05) is 19.6 Å². The van der Waals surface area contributed by atoms with Crippen molar-refractivity contribution in [1.29, 1.82) is 0 Å². The molecular weight excluding hydrogens is 310 g/mol. The van der Waals surface area contributed by atoms with Crippen LogP contribution in [-0.4, -0.2) is 41.1 Å². The molecule has 0 radical (unpaired) electrons. The lowest BCUT2D eigenvalue weighted by atomic mass is 10.1. The first kappa shape index (κ1) is 17.6. The average molecular weight is 334 g/mol. The zero-order valence-corrected chi connectivity index (χ0v) is 14.7. The highest BCUT2D eigenvalue weighted by Gasteiger charge is 2.27. The van der Waals surface area contributed by atoms with E-state index in [9.17, 15) is 4.79 Å². The summed E-state index contributed by atoms with van der Waals surface area (Å²) in [5, 5.41) is 3.33. The van der Waals surface area contributed by atoms with Gasteiger partial charge in [-0.05, 0) is 39.0 Å². The average Bonchev–Trinajstić information content (AvgIpc) is 2.83. The fraction of sp³-hybridized carbons (Fsp3) is 0.389. The second-order valence-corrected chi connectivity index (χ2v) is 6.01. The third kappa shape index (κ3) is 3.28. The van der Waals surface area contributed by atoms with E-state index >= 15 is 0 Å². The van der Waals surface area contributed by atoms with Crippen molar-refractivity contribution in [3.63, 3.8) is 0 Å². The number of carbonyl (C=O) groups excluding carboxylic acids is 1. The lowest BCUT2D eigenvalue weighted by molar-refractivity contribution is 0.0655. The summed E-state index contributed by atoms with van der Waals surface area (Å²) < 4.78 is 2.15. The quantitative estimate of drug-likeness (QED) is 0.917. The number of amides is 1. The molecule has 5 heteroatoms. The lowest BCUT2D eigenvalue weighted by Crippen LogP contribution is -2.52. The van der Waals surface area contributed by atoms with Gasteiger partial charge in [0.2, 0.25) is 0 Å². The van der Waals surface area contributed by atoms with Gasteiger partial charge in [-0.25, -0.2) is 0 Å². The minimum atomic E-state index is 0. The van der Waals surface area contributed by atoms with Crippen molar-refractivity contribution >= 4 is 18.3 Å². The zero-order chi connectivity index (χ0) is 15.7. The maximum Gasteiger partial charge on any atom is 0.256 e. The Hall–Kier alpha value is -1.78. The van der Waals surface area contributed by atoms with E-state index in [2.05, 4.69) is 35.9 Å². The van der Waals surface area contributed by atoms with Crippen LogP contribution in [0.4, 0.5) is 0 Å². The lowest BCUT2D eigenvalue weighted by Gasteiger charge is -2.34. The highest BCUT2D eigenvalue weighted by Crippen LogP contribution is 2.22. The van der Waals surface area contributed by atoms with Gasteiger partial charge in [0.15, 0.2) is 0 Å². The van der Waals surface area contributed by atoms with Crippen LogP contribution < -0.4 is 5.32 Å². The first-order chi connectivity index (χ1) is 10.6. The molecule has 0 saturated carbocycles. The van der Waals surface area contributed by atoms with Gasteiger partial charge in [0.25, 0.3) is 5.91 Å². The summed E-state index contributed by atoms with van der Waals surface area (Å²) in [6.45, 7) is 8.68. The smallest absolute Gasteiger partial charge is 0.256 e. The molecule has 124 valence electrons. The van der Waals surface area contributed by atoms with Gasteiger partial charge in [-0.3, -0.25) is 4.79 Å². The molecule has 0 bridgehead atoms. The van der Waals surface area contributed by atoms with Gasteiger partial charge in [-0.15, -0.1) is 12.4 Å². The number of benzene rings is 1. The molecule has 0 aliphatic carbocycles. The molecule has 1 aromatic heterocycles. The number of halogens is 1. The molecule has 1 aromatic carbocycles. The van der Waals surface area contributed by atoms with Crippen LogP contribution in [0.1, 0.15) is 28.7 Å². The van der Waals surface area contributed by atoms with Crippen molar-refractivity contribution in [1.82, 2.24) is 14.8 Å². The highest BCUT2D eigenvalue weighted by molar-refractivity contribution is 5.96. The number of rotatable bonds is 2. The molecule has 1 atom stereocenters. The molecule has 1 aliphatic rings. The molecule has 3 rings (SSSR count). The van der Waals surface area contributed by atoms with Gasteiger partial charge in [-0.2, -0.15) is 0 Å². The Balaban J connectivity index is 0.00000192. The van der Waals surface area contributed by atoms with E-state index in [1.54, 1.807) is 0 Å². The number of aromatic nitrogens is 1. The van der Waals surface area contributed by atoms with E-state index in [1.807, 2.05) is 36.1 Å². The summed E-state index contributed by atoms with van der Waals surface area (Å²) in [4.78, 5) is 14.9. The minimum Gasteiger partial charge on any atom is -0.333 e. The van der Waals surface area contributed by atoms with Crippen LogP contribution in [0.25, 0.3) is 5.69 Å². The van der Waals surface area contributed by atoms with Crippen LogP contribution in [0.2, 0.25) is 0 Å². The number of nitrogens with one attached hydrogen (secondary N) is 1. The Kier molecular flexibility index (Phi) is 5.50. The third-order valence-electron chi connectivity index (χ3n) is 4.44. The molecule has 4 nitrogen and oxygen atoms in total. The van der Waals surface area contributed by atoms with Gasteiger partial charge < -0.3 is 14.8 Å². The van der Waals surface area contributed by atoms with Gasteiger partial charge in [-0.1, -0.05) is 18.2 Å². The molecule has 2 aromatic rings. The summed E-state index contributed by atoms with van der Waals surface area (Å²) in [7, 11) is 0. The summed E-state index contributed by atoms with van der Waals surface area (Å²) in [5.41, 5.74) is 4.02. The van der Waals surface area contributed by atoms with Crippen LogP contribution in [0.3, 0.4) is 0 Å². The highest BCUT2D eigenvalue weighted by atomic mass is 35.5. The van der Waals surface area contributed by atoms with E-state index in [0.717, 1.165) is 42.3 Å². The van der Waals surface area contributed by atoms with E-state index < -0.39 is 0 Å². The number of hydrogen-bond acceptors (Lipinski definition) is 2. The van der Waals surface area contributed by atoms with Gasteiger partial charge in [0.1, 0.15) is 0 Å². The normalized spacial score (nSPS) is 17.7. The zero-order valence-electron chi connectivity index (χ0n) is 13.9. The Bertz CT molecular complexity index is 681. The van der Waals surface area contributed by atoms with Crippen molar-refractivity contribution in [3.05, 3.63) is 53.3 Å². The van der Waals surface area contributed by atoms with Crippen LogP contribution in [0, 0.1) is 13.8 Å². The predicted molar refractivity (Wildman–Crippen MR) is 95.9 cm³/mol. The van der Waals surface area contributed by atoms with E-state index in [1.165, 1.54) is 0 Å². The summed E-state index contributed by atoms with van der Waals surface area (Å²) >= 11 is 0. The monoisotopic (exact) mass is 333 g/mol. The topological polar surface area (TPSA) is 37.3 Å². The van der Waals surface area contributed by atoms with Crippen molar-refractivity contribution in [3.8, 4) is 5.69 Å². The van der Waals surface area contributed by atoms with Gasteiger partial charge >= 0.3 is 0 Å². The number of hydrogen-bond donors (Lipinski definition) is 1. The van der Waals surface area contributed by atoms with Gasteiger partial charge in [0, 0.05) is 42.8 Å². The van der Waals surface area contributed by atoms with E-state index in [4.69, 9.17) is 0 Å². The minimum absolute atomic E-state index is 0. The third-order valence-corrected chi connectivity index (χ3v) is 4.44. The molecule has 1 N–H and O–H groups in total. The number of nitrogens with zero attached hydrogens (tertiary/aromatic N) is 2. The SMILES string of the molecule is Cc1cc(C(=O)N2CCNC[C@H]2C)c(C)n1-c1ccccc1.Cl. The van der Waals surface area contributed by atoms with Crippen LogP contribution in [0.15, 0.2) is 36.4 Å². The second kappa shape index (κ2) is 7.20.